The fourth-order valence-corrected chi connectivity index (χ4v) is 4.65. The van der Waals surface area contributed by atoms with Crippen LogP contribution in [0.15, 0.2) is 114 Å². The van der Waals surface area contributed by atoms with E-state index in [-0.39, 0.29) is 22.9 Å². The number of nitrogens with zero attached hydrogens (tertiary/aromatic N) is 1. The zero-order chi connectivity index (χ0) is 29.9. The minimum absolute atomic E-state index is 0.0468. The van der Waals surface area contributed by atoms with Crippen LogP contribution in [0.25, 0.3) is 6.08 Å². The molecule has 0 spiro atoms. The first-order chi connectivity index (χ1) is 20.3. The molecule has 0 aliphatic rings. The Labute approximate surface area is 246 Å². The van der Waals surface area contributed by atoms with Gasteiger partial charge in [0.05, 0.1) is 17.3 Å². The second-order valence-electron chi connectivity index (χ2n) is 8.88. The van der Waals surface area contributed by atoms with E-state index in [1.54, 1.807) is 72.8 Å². The number of carbonyl (C=O) groups excluding carboxylic acids is 3. The van der Waals surface area contributed by atoms with Crippen LogP contribution in [0.1, 0.15) is 33.2 Å². The van der Waals surface area contributed by atoms with E-state index in [0.717, 1.165) is 4.90 Å². The summed E-state index contributed by atoms with van der Waals surface area (Å²) in [6.45, 7) is 2.44. The molecule has 4 aromatic carbocycles. The molecule has 0 aliphatic heterocycles. The Balaban J connectivity index is 1.47. The first kappa shape index (κ1) is 29.8. The molecule has 0 aliphatic carbocycles. The number of ketones is 1. The Kier molecular flexibility index (Phi) is 10.2. The van der Waals surface area contributed by atoms with Crippen molar-refractivity contribution >= 4 is 46.8 Å². The van der Waals surface area contributed by atoms with Gasteiger partial charge in [-0.2, -0.15) is 0 Å². The van der Waals surface area contributed by atoms with E-state index in [1.807, 2.05) is 13.0 Å². The first-order valence-corrected chi connectivity index (χ1v) is 13.9. The number of anilines is 1. The van der Waals surface area contributed by atoms with Crippen LogP contribution < -0.4 is 15.4 Å². The van der Waals surface area contributed by atoms with Gasteiger partial charge in [0, 0.05) is 33.8 Å². The number of nitro benzene ring substituents is 1. The van der Waals surface area contributed by atoms with Gasteiger partial charge in [0.25, 0.3) is 17.5 Å². The summed E-state index contributed by atoms with van der Waals surface area (Å²) in [5, 5.41) is 16.4. The van der Waals surface area contributed by atoms with Crippen molar-refractivity contribution in [2.45, 2.75) is 11.8 Å². The van der Waals surface area contributed by atoms with Crippen LogP contribution in [-0.4, -0.2) is 34.9 Å². The van der Waals surface area contributed by atoms with Crippen molar-refractivity contribution in [3.8, 4) is 5.75 Å². The van der Waals surface area contributed by atoms with Crippen molar-refractivity contribution in [3.05, 3.63) is 136 Å². The van der Waals surface area contributed by atoms with Crippen molar-refractivity contribution in [1.82, 2.24) is 5.32 Å². The van der Waals surface area contributed by atoms with Gasteiger partial charge in [0.1, 0.15) is 11.4 Å². The van der Waals surface area contributed by atoms with Gasteiger partial charge in [-0.25, -0.2) is 0 Å². The minimum atomic E-state index is -0.592. The molecule has 2 N–H and O–H groups in total. The summed E-state index contributed by atoms with van der Waals surface area (Å²) >= 11 is 1.33. The van der Waals surface area contributed by atoms with Crippen molar-refractivity contribution in [2.75, 3.05) is 17.7 Å². The molecule has 4 aromatic rings. The van der Waals surface area contributed by atoms with E-state index in [4.69, 9.17) is 4.74 Å². The standard InChI is InChI=1S/C32H27N3O6S/c1-2-41-27-17-13-23(14-18-27)30(36)21-42-28-10-6-9-25(20-28)33-32(38)29(34-31(37)24-7-4-3-5-8-24)19-22-11-15-26(16-12-22)35(39)40/h3-20H,2,21H2,1H3,(H,33,38)(H,34,37)/b29-19-. The van der Waals surface area contributed by atoms with Gasteiger partial charge in [-0.1, -0.05) is 24.3 Å². The molecular formula is C32H27N3O6S. The van der Waals surface area contributed by atoms with Gasteiger partial charge in [-0.15, -0.1) is 11.8 Å². The Morgan fingerprint density at radius 1 is 0.881 bits per heavy atom. The van der Waals surface area contributed by atoms with Gasteiger partial charge < -0.3 is 15.4 Å². The lowest BCUT2D eigenvalue weighted by Crippen LogP contribution is -2.30. The fraction of sp³-hybridized carbons (Fsp3) is 0.0938. The highest BCUT2D eigenvalue weighted by molar-refractivity contribution is 8.00. The van der Waals surface area contributed by atoms with Gasteiger partial charge in [0.2, 0.25) is 0 Å². The highest BCUT2D eigenvalue weighted by atomic mass is 32.2. The summed E-state index contributed by atoms with van der Waals surface area (Å²) < 4.78 is 5.42. The molecule has 0 heterocycles. The zero-order valence-electron chi connectivity index (χ0n) is 22.6. The molecule has 0 aromatic heterocycles. The second-order valence-corrected chi connectivity index (χ2v) is 9.93. The normalized spacial score (nSPS) is 10.9. The summed E-state index contributed by atoms with van der Waals surface area (Å²) in [5.74, 6) is -0.230. The van der Waals surface area contributed by atoms with Crippen molar-refractivity contribution < 1.29 is 24.0 Å². The number of carbonyl (C=O) groups is 3. The SMILES string of the molecule is CCOc1ccc(C(=O)CSc2cccc(NC(=O)/C(=C/c3ccc([N+](=O)[O-])cc3)NC(=O)c3ccccc3)c2)cc1. The van der Waals surface area contributed by atoms with Crippen LogP contribution in [-0.2, 0) is 4.79 Å². The third kappa shape index (κ3) is 8.39. The van der Waals surface area contributed by atoms with E-state index < -0.39 is 16.7 Å². The van der Waals surface area contributed by atoms with Crippen LogP contribution in [0.4, 0.5) is 11.4 Å². The zero-order valence-corrected chi connectivity index (χ0v) is 23.4. The number of benzene rings is 4. The Morgan fingerprint density at radius 2 is 1.60 bits per heavy atom. The lowest BCUT2D eigenvalue weighted by atomic mass is 10.1. The van der Waals surface area contributed by atoms with E-state index in [1.165, 1.54) is 42.1 Å². The van der Waals surface area contributed by atoms with Gasteiger partial charge in [0.15, 0.2) is 5.78 Å². The molecule has 0 saturated carbocycles. The summed E-state index contributed by atoms with van der Waals surface area (Å²) in [5.41, 5.74) is 1.72. The monoisotopic (exact) mass is 581 g/mol. The van der Waals surface area contributed by atoms with E-state index in [0.29, 0.717) is 34.7 Å². The summed E-state index contributed by atoms with van der Waals surface area (Å²) in [4.78, 5) is 50.1. The fourth-order valence-electron chi connectivity index (χ4n) is 3.80. The highest BCUT2D eigenvalue weighted by Gasteiger charge is 2.16. The molecular weight excluding hydrogens is 554 g/mol. The Hall–Kier alpha value is -5.22. The molecule has 10 heteroatoms. The maximum absolute atomic E-state index is 13.3. The number of Topliss-reactive ketones (excluding diaryl/α,β-unsaturated/α-hetero) is 1. The summed E-state index contributed by atoms with van der Waals surface area (Å²) in [6, 6.07) is 28.0. The molecule has 0 radical (unpaired) electrons. The first-order valence-electron chi connectivity index (χ1n) is 12.9. The van der Waals surface area contributed by atoms with E-state index in [2.05, 4.69) is 10.6 Å². The molecule has 2 amide bonds. The molecule has 0 unspecified atom stereocenters. The number of hydrogen-bond acceptors (Lipinski definition) is 7. The molecule has 42 heavy (non-hydrogen) atoms. The van der Waals surface area contributed by atoms with Gasteiger partial charge in [-0.3, -0.25) is 24.5 Å². The van der Waals surface area contributed by atoms with Crippen LogP contribution in [0, 0.1) is 10.1 Å². The number of rotatable bonds is 12. The summed E-state index contributed by atoms with van der Waals surface area (Å²) in [6.07, 6.45) is 1.44. The number of hydrogen-bond donors (Lipinski definition) is 2. The highest BCUT2D eigenvalue weighted by Crippen LogP contribution is 2.24. The van der Waals surface area contributed by atoms with Gasteiger partial charge in [-0.05, 0) is 85.3 Å². The number of amides is 2. The predicted molar refractivity (Wildman–Crippen MR) is 163 cm³/mol. The van der Waals surface area contributed by atoms with Crippen molar-refractivity contribution in [3.63, 3.8) is 0 Å². The second kappa shape index (κ2) is 14.4. The smallest absolute Gasteiger partial charge is 0.272 e. The maximum Gasteiger partial charge on any atom is 0.272 e. The maximum atomic E-state index is 13.3. The third-order valence-corrected chi connectivity index (χ3v) is 6.89. The molecule has 9 nitrogen and oxygen atoms in total. The van der Waals surface area contributed by atoms with Crippen LogP contribution in [0.3, 0.4) is 0 Å². The third-order valence-electron chi connectivity index (χ3n) is 5.89. The molecule has 0 atom stereocenters. The van der Waals surface area contributed by atoms with E-state index in [9.17, 15) is 24.5 Å². The number of thioether (sulfide) groups is 1. The Bertz CT molecular complexity index is 1600. The lowest BCUT2D eigenvalue weighted by Gasteiger charge is -2.12. The number of ether oxygens (including phenoxy) is 1. The molecule has 0 fully saturated rings. The average Bonchev–Trinajstić information content (AvgIpc) is 3.01. The lowest BCUT2D eigenvalue weighted by molar-refractivity contribution is -0.384. The molecule has 0 saturated heterocycles. The minimum Gasteiger partial charge on any atom is -0.494 e. The number of nitrogens with one attached hydrogen (secondary N) is 2. The quantitative estimate of drug-likeness (QED) is 0.0653. The van der Waals surface area contributed by atoms with Crippen molar-refractivity contribution in [2.24, 2.45) is 0 Å². The topological polar surface area (TPSA) is 128 Å². The summed E-state index contributed by atoms with van der Waals surface area (Å²) in [7, 11) is 0. The predicted octanol–water partition coefficient (Wildman–Crippen LogP) is 6.38. The Morgan fingerprint density at radius 3 is 2.26 bits per heavy atom. The van der Waals surface area contributed by atoms with Crippen molar-refractivity contribution in [1.29, 1.82) is 0 Å². The molecule has 4 rings (SSSR count). The van der Waals surface area contributed by atoms with Crippen LogP contribution in [0.5, 0.6) is 5.75 Å². The molecule has 212 valence electrons. The van der Waals surface area contributed by atoms with Crippen LogP contribution >= 0.6 is 11.8 Å². The number of non-ortho nitro benzene ring substituents is 1. The average molecular weight is 582 g/mol. The van der Waals surface area contributed by atoms with E-state index >= 15 is 0 Å². The van der Waals surface area contributed by atoms with Gasteiger partial charge >= 0.3 is 0 Å². The number of nitro groups is 1. The largest absolute Gasteiger partial charge is 0.494 e. The van der Waals surface area contributed by atoms with Crippen LogP contribution in [0.2, 0.25) is 0 Å². The molecule has 0 bridgehead atoms.